The number of nitrogens with one attached hydrogen (secondary N) is 2. The summed E-state index contributed by atoms with van der Waals surface area (Å²) in [6.07, 6.45) is 4.93. The van der Waals surface area contributed by atoms with Crippen molar-refractivity contribution in [1.29, 1.82) is 0 Å². The van der Waals surface area contributed by atoms with Crippen molar-refractivity contribution in [3.63, 3.8) is 0 Å². The van der Waals surface area contributed by atoms with Crippen LogP contribution in [-0.4, -0.2) is 38.2 Å². The first-order chi connectivity index (χ1) is 13.5. The van der Waals surface area contributed by atoms with E-state index in [0.29, 0.717) is 28.8 Å². The molecule has 1 atom stereocenters. The van der Waals surface area contributed by atoms with Crippen LogP contribution >= 0.6 is 0 Å². The number of amides is 1. The number of carbonyl (C=O) groups excluding carboxylic acids is 1. The van der Waals surface area contributed by atoms with Crippen molar-refractivity contribution < 1.29 is 4.79 Å². The molecule has 1 amide bonds. The van der Waals surface area contributed by atoms with Gasteiger partial charge in [0.2, 0.25) is 0 Å². The summed E-state index contributed by atoms with van der Waals surface area (Å²) in [5, 5.41) is 11.4. The Morgan fingerprint density at radius 1 is 1.14 bits per heavy atom. The first-order valence-corrected chi connectivity index (χ1v) is 9.00. The highest BCUT2D eigenvalue weighted by Crippen LogP contribution is 2.26. The van der Waals surface area contributed by atoms with Gasteiger partial charge in [0.1, 0.15) is 11.0 Å². The van der Waals surface area contributed by atoms with Gasteiger partial charge < -0.3 is 16.4 Å². The molecule has 2 aromatic carbocycles. The van der Waals surface area contributed by atoms with Crippen molar-refractivity contribution in [2.45, 2.75) is 13.0 Å². The fourth-order valence-corrected chi connectivity index (χ4v) is 3.13. The van der Waals surface area contributed by atoms with Crippen LogP contribution < -0.4 is 16.4 Å². The van der Waals surface area contributed by atoms with Crippen LogP contribution in [0.1, 0.15) is 17.3 Å². The van der Waals surface area contributed by atoms with Gasteiger partial charge in [-0.15, -0.1) is 0 Å². The highest BCUT2D eigenvalue weighted by atomic mass is 16.1. The van der Waals surface area contributed by atoms with Crippen LogP contribution in [0, 0.1) is 0 Å². The Balaban J connectivity index is 1.70. The molecule has 0 saturated carbocycles. The van der Waals surface area contributed by atoms with E-state index in [0.717, 1.165) is 16.6 Å². The molecule has 8 nitrogen and oxygen atoms in total. The number of benzene rings is 2. The quantitative estimate of drug-likeness (QED) is 0.494. The van der Waals surface area contributed by atoms with Gasteiger partial charge in [0, 0.05) is 37.4 Å². The smallest absolute Gasteiger partial charge is 0.257 e. The van der Waals surface area contributed by atoms with Gasteiger partial charge in [0.05, 0.1) is 28.7 Å². The standard InChI is InChI=1S/C20H21N7O/c1-12(21)10-24-16-7-6-13(18-19(16)23-9-8-22-18)20(28)26-15-4-3-5-17-14(15)11-25-27(17)2/h3-9,11-12,24H,10,21H2,1-2H3,(H,26,28)/t12-/m1/s1. The molecule has 0 aliphatic heterocycles. The Morgan fingerprint density at radius 3 is 2.71 bits per heavy atom. The van der Waals surface area contributed by atoms with Gasteiger partial charge in [0.15, 0.2) is 0 Å². The van der Waals surface area contributed by atoms with Crippen LogP contribution in [-0.2, 0) is 7.05 Å². The zero-order valence-electron chi connectivity index (χ0n) is 15.7. The van der Waals surface area contributed by atoms with Crippen LogP contribution in [0.5, 0.6) is 0 Å². The molecule has 4 rings (SSSR count). The molecule has 0 bridgehead atoms. The van der Waals surface area contributed by atoms with Crippen LogP contribution in [0.3, 0.4) is 0 Å². The third-order valence-electron chi connectivity index (χ3n) is 4.52. The summed E-state index contributed by atoms with van der Waals surface area (Å²) >= 11 is 0. The van der Waals surface area contributed by atoms with Crippen LogP contribution in [0.4, 0.5) is 11.4 Å². The fourth-order valence-electron chi connectivity index (χ4n) is 3.13. The first kappa shape index (κ1) is 17.9. The van der Waals surface area contributed by atoms with Gasteiger partial charge in [-0.25, -0.2) is 0 Å². The van der Waals surface area contributed by atoms with Crippen molar-refractivity contribution >= 4 is 39.2 Å². The third-order valence-corrected chi connectivity index (χ3v) is 4.52. The Morgan fingerprint density at radius 2 is 1.93 bits per heavy atom. The summed E-state index contributed by atoms with van der Waals surface area (Å²) in [5.41, 5.74) is 9.89. The zero-order chi connectivity index (χ0) is 19.7. The van der Waals surface area contributed by atoms with Crippen molar-refractivity contribution in [2.75, 3.05) is 17.2 Å². The summed E-state index contributed by atoms with van der Waals surface area (Å²) in [6.45, 7) is 2.52. The number of hydrogen-bond donors (Lipinski definition) is 3. The molecule has 0 unspecified atom stereocenters. The SMILES string of the molecule is C[C@@H](N)CNc1ccc(C(=O)Nc2cccc3c2cnn3C)c2nccnc12. The van der Waals surface area contributed by atoms with Crippen molar-refractivity contribution in [2.24, 2.45) is 12.8 Å². The van der Waals surface area contributed by atoms with Crippen LogP contribution in [0.15, 0.2) is 48.9 Å². The maximum absolute atomic E-state index is 13.0. The Bertz CT molecular complexity index is 1170. The zero-order valence-corrected chi connectivity index (χ0v) is 15.7. The fraction of sp³-hybridized carbons (Fsp3) is 0.200. The number of carbonyl (C=O) groups is 1. The average molecular weight is 375 g/mol. The molecular weight excluding hydrogens is 354 g/mol. The summed E-state index contributed by atoms with van der Waals surface area (Å²) < 4.78 is 1.77. The molecule has 0 fully saturated rings. The van der Waals surface area contributed by atoms with Gasteiger partial charge in [-0.05, 0) is 31.2 Å². The van der Waals surface area contributed by atoms with Crippen molar-refractivity contribution in [3.8, 4) is 0 Å². The van der Waals surface area contributed by atoms with Gasteiger partial charge in [-0.2, -0.15) is 5.10 Å². The lowest BCUT2D eigenvalue weighted by Crippen LogP contribution is -2.25. The van der Waals surface area contributed by atoms with Gasteiger partial charge in [-0.3, -0.25) is 19.4 Å². The topological polar surface area (TPSA) is 111 Å². The largest absolute Gasteiger partial charge is 0.382 e. The second-order valence-electron chi connectivity index (χ2n) is 6.73. The molecule has 4 aromatic rings. The monoisotopic (exact) mass is 375 g/mol. The van der Waals surface area contributed by atoms with Gasteiger partial charge in [-0.1, -0.05) is 6.07 Å². The first-order valence-electron chi connectivity index (χ1n) is 9.00. The second-order valence-corrected chi connectivity index (χ2v) is 6.73. The second kappa shape index (κ2) is 7.24. The average Bonchev–Trinajstić information content (AvgIpc) is 3.08. The van der Waals surface area contributed by atoms with E-state index in [4.69, 9.17) is 5.73 Å². The molecule has 28 heavy (non-hydrogen) atoms. The van der Waals surface area contributed by atoms with Gasteiger partial charge in [0.25, 0.3) is 5.91 Å². The lowest BCUT2D eigenvalue weighted by molar-refractivity contribution is 0.102. The Kier molecular flexibility index (Phi) is 4.62. The Hall–Kier alpha value is -3.52. The maximum atomic E-state index is 13.0. The molecule has 0 aliphatic carbocycles. The molecule has 0 saturated heterocycles. The molecule has 2 heterocycles. The Labute approximate surface area is 161 Å². The summed E-state index contributed by atoms with van der Waals surface area (Å²) in [6, 6.07) is 9.28. The highest BCUT2D eigenvalue weighted by Gasteiger charge is 2.16. The van der Waals surface area contributed by atoms with E-state index in [9.17, 15) is 4.79 Å². The molecule has 0 spiro atoms. The molecular formula is C20H21N7O. The number of aromatic nitrogens is 4. The molecule has 0 aliphatic rings. The minimum Gasteiger partial charge on any atom is -0.382 e. The third kappa shape index (κ3) is 3.25. The number of nitrogens with zero attached hydrogens (tertiary/aromatic N) is 4. The molecule has 4 N–H and O–H groups in total. The number of nitrogens with two attached hydrogens (primary N) is 1. The van der Waals surface area contributed by atoms with E-state index < -0.39 is 0 Å². The summed E-state index contributed by atoms with van der Waals surface area (Å²) in [7, 11) is 1.87. The van der Waals surface area contributed by atoms with E-state index >= 15 is 0 Å². The number of aryl methyl sites for hydroxylation is 1. The highest BCUT2D eigenvalue weighted by molar-refractivity contribution is 6.15. The summed E-state index contributed by atoms with van der Waals surface area (Å²) in [4.78, 5) is 21.8. The van der Waals surface area contributed by atoms with Crippen molar-refractivity contribution in [3.05, 3.63) is 54.5 Å². The van der Waals surface area contributed by atoms with E-state index in [1.807, 2.05) is 38.2 Å². The number of hydrogen-bond acceptors (Lipinski definition) is 6. The van der Waals surface area contributed by atoms with E-state index in [-0.39, 0.29) is 11.9 Å². The lowest BCUT2D eigenvalue weighted by Gasteiger charge is -2.13. The number of anilines is 2. The summed E-state index contributed by atoms with van der Waals surface area (Å²) in [5.74, 6) is -0.249. The maximum Gasteiger partial charge on any atom is 0.257 e. The molecule has 142 valence electrons. The van der Waals surface area contributed by atoms with Crippen LogP contribution in [0.25, 0.3) is 21.9 Å². The minimum atomic E-state index is -0.249. The minimum absolute atomic E-state index is 0.00494. The lowest BCUT2D eigenvalue weighted by atomic mass is 10.1. The van der Waals surface area contributed by atoms with Crippen molar-refractivity contribution in [1.82, 2.24) is 19.7 Å². The predicted octanol–water partition coefficient (Wildman–Crippen LogP) is 2.53. The number of rotatable bonds is 5. The van der Waals surface area contributed by atoms with E-state index in [1.54, 1.807) is 29.3 Å². The molecule has 8 heteroatoms. The van der Waals surface area contributed by atoms with E-state index in [1.165, 1.54) is 0 Å². The molecule has 2 aromatic heterocycles. The normalized spacial score (nSPS) is 12.2. The van der Waals surface area contributed by atoms with E-state index in [2.05, 4.69) is 25.7 Å². The number of fused-ring (bicyclic) bond motifs is 2. The predicted molar refractivity (Wildman–Crippen MR) is 110 cm³/mol. The van der Waals surface area contributed by atoms with Gasteiger partial charge >= 0.3 is 0 Å². The molecule has 0 radical (unpaired) electrons. The van der Waals surface area contributed by atoms with Crippen LogP contribution in [0.2, 0.25) is 0 Å².